The van der Waals surface area contributed by atoms with E-state index in [1.54, 1.807) is 31.2 Å². The minimum atomic E-state index is -0.704. The number of hydrogen-bond acceptors (Lipinski definition) is 4. The van der Waals surface area contributed by atoms with E-state index < -0.39 is 6.04 Å². The first-order valence-corrected chi connectivity index (χ1v) is 6.02. The first kappa shape index (κ1) is 15.1. The number of hydrogen-bond donors (Lipinski definition) is 3. The fourth-order valence-electron chi connectivity index (χ4n) is 1.38. The minimum absolute atomic E-state index is 0.0566. The molecule has 0 saturated carbocycles. The third-order valence-electron chi connectivity index (χ3n) is 2.44. The van der Waals surface area contributed by atoms with E-state index in [0.717, 1.165) is 0 Å². The topological polar surface area (TPSA) is 93.5 Å². The summed E-state index contributed by atoms with van der Waals surface area (Å²) in [6.45, 7) is 1.94. The SMILES string of the molecule is CCC(=O)Nc1ccc(NC(=O)C(N)COC)cc1. The Bertz CT molecular complexity index is 431. The van der Waals surface area contributed by atoms with E-state index >= 15 is 0 Å². The number of rotatable bonds is 6. The molecule has 2 amide bonds. The Hall–Kier alpha value is -1.92. The van der Waals surface area contributed by atoms with Crippen molar-refractivity contribution < 1.29 is 14.3 Å². The molecule has 104 valence electrons. The molecule has 0 aliphatic heterocycles. The van der Waals surface area contributed by atoms with E-state index in [2.05, 4.69) is 10.6 Å². The molecule has 0 heterocycles. The Morgan fingerprint density at radius 2 is 1.74 bits per heavy atom. The highest BCUT2D eigenvalue weighted by molar-refractivity contribution is 5.95. The zero-order chi connectivity index (χ0) is 14.3. The standard InChI is InChI=1S/C13H19N3O3/c1-3-12(17)15-9-4-6-10(7-5-9)16-13(18)11(14)8-19-2/h4-7,11H,3,8,14H2,1-2H3,(H,15,17)(H,16,18). The van der Waals surface area contributed by atoms with Crippen molar-refractivity contribution in [1.82, 2.24) is 0 Å². The van der Waals surface area contributed by atoms with Gasteiger partial charge in [-0.05, 0) is 24.3 Å². The van der Waals surface area contributed by atoms with E-state index in [1.165, 1.54) is 7.11 Å². The summed E-state index contributed by atoms with van der Waals surface area (Å²) in [5, 5.41) is 5.38. The fourth-order valence-corrected chi connectivity index (χ4v) is 1.38. The second-order valence-corrected chi connectivity index (χ2v) is 4.03. The number of amides is 2. The van der Waals surface area contributed by atoms with Crippen molar-refractivity contribution in [3.8, 4) is 0 Å². The summed E-state index contributed by atoms with van der Waals surface area (Å²) >= 11 is 0. The lowest BCUT2D eigenvalue weighted by Crippen LogP contribution is -2.39. The number of nitrogens with two attached hydrogens (primary N) is 1. The number of nitrogens with one attached hydrogen (secondary N) is 2. The number of anilines is 2. The first-order valence-electron chi connectivity index (χ1n) is 6.02. The van der Waals surface area contributed by atoms with Crippen LogP contribution in [0.25, 0.3) is 0 Å². The molecule has 0 aromatic heterocycles. The molecule has 0 saturated heterocycles. The van der Waals surface area contributed by atoms with Gasteiger partial charge in [-0.3, -0.25) is 9.59 Å². The molecule has 4 N–H and O–H groups in total. The number of carbonyl (C=O) groups excluding carboxylic acids is 2. The van der Waals surface area contributed by atoms with Gasteiger partial charge in [0, 0.05) is 24.9 Å². The van der Waals surface area contributed by atoms with Crippen LogP contribution in [0.1, 0.15) is 13.3 Å². The van der Waals surface area contributed by atoms with Gasteiger partial charge in [0.2, 0.25) is 11.8 Å². The van der Waals surface area contributed by atoms with Gasteiger partial charge in [-0.15, -0.1) is 0 Å². The zero-order valence-corrected chi connectivity index (χ0v) is 11.1. The van der Waals surface area contributed by atoms with E-state index in [9.17, 15) is 9.59 Å². The third kappa shape index (κ3) is 5.07. The molecule has 0 fully saturated rings. The molecule has 0 radical (unpaired) electrons. The predicted molar refractivity (Wildman–Crippen MR) is 73.8 cm³/mol. The molecule has 1 unspecified atom stereocenters. The van der Waals surface area contributed by atoms with Crippen LogP contribution in [-0.2, 0) is 14.3 Å². The predicted octanol–water partition coefficient (Wildman–Crippen LogP) is 0.947. The van der Waals surface area contributed by atoms with Gasteiger partial charge in [0.05, 0.1) is 6.61 Å². The van der Waals surface area contributed by atoms with Crippen LogP contribution < -0.4 is 16.4 Å². The van der Waals surface area contributed by atoms with Gasteiger partial charge in [-0.2, -0.15) is 0 Å². The van der Waals surface area contributed by atoms with Crippen LogP contribution in [-0.4, -0.2) is 31.6 Å². The molecular formula is C13H19N3O3. The van der Waals surface area contributed by atoms with E-state index in [0.29, 0.717) is 17.8 Å². The molecule has 0 spiro atoms. The molecule has 0 aliphatic carbocycles. The Labute approximate surface area is 112 Å². The number of ether oxygens (including phenoxy) is 1. The monoisotopic (exact) mass is 265 g/mol. The van der Waals surface area contributed by atoms with Crippen LogP contribution in [0.3, 0.4) is 0 Å². The van der Waals surface area contributed by atoms with Gasteiger partial charge in [-0.1, -0.05) is 6.92 Å². The summed E-state index contributed by atoms with van der Waals surface area (Å²) in [6.07, 6.45) is 0.421. The van der Waals surface area contributed by atoms with Crippen LogP contribution in [0.2, 0.25) is 0 Å². The third-order valence-corrected chi connectivity index (χ3v) is 2.44. The second-order valence-electron chi connectivity index (χ2n) is 4.03. The van der Waals surface area contributed by atoms with Gasteiger partial charge < -0.3 is 21.1 Å². The van der Waals surface area contributed by atoms with Crippen molar-refractivity contribution in [3.05, 3.63) is 24.3 Å². The van der Waals surface area contributed by atoms with Gasteiger partial charge in [0.25, 0.3) is 0 Å². The lowest BCUT2D eigenvalue weighted by Gasteiger charge is -2.11. The highest BCUT2D eigenvalue weighted by atomic mass is 16.5. The van der Waals surface area contributed by atoms with Crippen LogP contribution in [0, 0.1) is 0 Å². The number of methoxy groups -OCH3 is 1. The minimum Gasteiger partial charge on any atom is -0.383 e. The summed E-state index contributed by atoms with van der Waals surface area (Å²) in [7, 11) is 1.48. The van der Waals surface area contributed by atoms with Crippen LogP contribution >= 0.6 is 0 Å². The van der Waals surface area contributed by atoms with E-state index in [4.69, 9.17) is 10.5 Å². The van der Waals surface area contributed by atoms with Crippen LogP contribution in [0.15, 0.2) is 24.3 Å². The Morgan fingerprint density at radius 3 is 2.21 bits per heavy atom. The molecule has 0 bridgehead atoms. The smallest absolute Gasteiger partial charge is 0.243 e. The lowest BCUT2D eigenvalue weighted by molar-refractivity contribution is -0.118. The van der Waals surface area contributed by atoms with Crippen molar-refractivity contribution >= 4 is 23.2 Å². The second kappa shape index (κ2) is 7.50. The lowest BCUT2D eigenvalue weighted by atomic mass is 10.2. The van der Waals surface area contributed by atoms with E-state index in [-0.39, 0.29) is 18.4 Å². The van der Waals surface area contributed by atoms with Crippen molar-refractivity contribution in [1.29, 1.82) is 0 Å². The largest absolute Gasteiger partial charge is 0.383 e. The summed E-state index contributed by atoms with van der Waals surface area (Å²) in [6, 6.07) is 6.12. The summed E-state index contributed by atoms with van der Waals surface area (Å²) < 4.78 is 4.80. The maximum absolute atomic E-state index is 11.6. The van der Waals surface area contributed by atoms with Gasteiger partial charge in [0.1, 0.15) is 6.04 Å². The van der Waals surface area contributed by atoms with Crippen molar-refractivity contribution in [2.75, 3.05) is 24.4 Å². The maximum Gasteiger partial charge on any atom is 0.243 e. The zero-order valence-electron chi connectivity index (χ0n) is 11.1. The number of carbonyl (C=O) groups is 2. The fraction of sp³-hybridized carbons (Fsp3) is 0.385. The van der Waals surface area contributed by atoms with Crippen LogP contribution in [0.5, 0.6) is 0 Å². The summed E-state index contributed by atoms with van der Waals surface area (Å²) in [5.74, 6) is -0.369. The molecule has 6 nitrogen and oxygen atoms in total. The van der Waals surface area contributed by atoms with Gasteiger partial charge >= 0.3 is 0 Å². The molecule has 1 atom stereocenters. The van der Waals surface area contributed by atoms with Crippen molar-refractivity contribution in [2.24, 2.45) is 5.73 Å². The van der Waals surface area contributed by atoms with Gasteiger partial charge in [0.15, 0.2) is 0 Å². The van der Waals surface area contributed by atoms with Crippen LogP contribution in [0.4, 0.5) is 11.4 Å². The Kier molecular flexibility index (Phi) is 5.98. The quantitative estimate of drug-likeness (QED) is 0.713. The Balaban J connectivity index is 2.57. The molecule has 19 heavy (non-hydrogen) atoms. The molecule has 1 aromatic carbocycles. The molecule has 1 aromatic rings. The summed E-state index contributed by atoms with van der Waals surface area (Å²) in [4.78, 5) is 22.8. The number of benzene rings is 1. The molecule has 0 aliphatic rings. The highest BCUT2D eigenvalue weighted by Crippen LogP contribution is 2.13. The average Bonchev–Trinajstić information content (AvgIpc) is 2.41. The molecule has 6 heteroatoms. The van der Waals surface area contributed by atoms with E-state index in [1.807, 2.05) is 0 Å². The molecule has 1 rings (SSSR count). The summed E-state index contributed by atoms with van der Waals surface area (Å²) in [5.41, 5.74) is 6.90. The van der Waals surface area contributed by atoms with Gasteiger partial charge in [-0.25, -0.2) is 0 Å². The Morgan fingerprint density at radius 1 is 1.21 bits per heavy atom. The normalized spacial score (nSPS) is 11.7. The first-order chi connectivity index (χ1) is 9.06. The highest BCUT2D eigenvalue weighted by Gasteiger charge is 2.12. The molecular weight excluding hydrogens is 246 g/mol. The van der Waals surface area contributed by atoms with Crippen molar-refractivity contribution in [3.63, 3.8) is 0 Å². The average molecular weight is 265 g/mol. The van der Waals surface area contributed by atoms with Crippen molar-refractivity contribution in [2.45, 2.75) is 19.4 Å². The maximum atomic E-state index is 11.6.